The predicted octanol–water partition coefficient (Wildman–Crippen LogP) is 1.20. The summed E-state index contributed by atoms with van der Waals surface area (Å²) in [6.45, 7) is 0.00271. The molecule has 0 saturated heterocycles. The van der Waals surface area contributed by atoms with Gasteiger partial charge >= 0.3 is 0 Å². The molecule has 20 heavy (non-hydrogen) atoms. The van der Waals surface area contributed by atoms with E-state index in [1.165, 1.54) is 21.3 Å². The number of amides is 1. The number of rotatable bonds is 7. The minimum atomic E-state index is -0.484. The zero-order valence-electron chi connectivity index (χ0n) is 11.6. The van der Waals surface area contributed by atoms with Crippen molar-refractivity contribution in [3.8, 4) is 11.5 Å². The van der Waals surface area contributed by atoms with Crippen LogP contribution in [0.15, 0.2) is 16.6 Å². The van der Waals surface area contributed by atoms with E-state index >= 15 is 0 Å². The normalized spacial score (nSPS) is 11.8. The fourth-order valence-electron chi connectivity index (χ4n) is 1.67. The molecule has 0 bridgehead atoms. The van der Waals surface area contributed by atoms with Gasteiger partial charge in [-0.1, -0.05) is 0 Å². The molecule has 0 spiro atoms. The minimum absolute atomic E-state index is 0.215. The summed E-state index contributed by atoms with van der Waals surface area (Å²) in [7, 11) is 4.48. The first-order valence-corrected chi connectivity index (χ1v) is 6.68. The number of aliphatic hydroxyl groups is 1. The molecule has 1 aromatic rings. The van der Waals surface area contributed by atoms with Crippen LogP contribution in [0.5, 0.6) is 11.5 Å². The van der Waals surface area contributed by atoms with E-state index in [0.29, 0.717) is 21.5 Å². The average molecular weight is 348 g/mol. The van der Waals surface area contributed by atoms with Gasteiger partial charge in [-0.25, -0.2) is 0 Å². The van der Waals surface area contributed by atoms with Crippen LogP contribution in [0.3, 0.4) is 0 Å². The summed E-state index contributed by atoms with van der Waals surface area (Å²) >= 11 is 3.32. The molecule has 2 N–H and O–H groups in total. The van der Waals surface area contributed by atoms with Gasteiger partial charge in [-0.2, -0.15) is 0 Å². The van der Waals surface area contributed by atoms with Gasteiger partial charge < -0.3 is 24.6 Å². The van der Waals surface area contributed by atoms with Crippen LogP contribution in [0.4, 0.5) is 0 Å². The van der Waals surface area contributed by atoms with E-state index in [1.807, 2.05) is 0 Å². The van der Waals surface area contributed by atoms with Crippen molar-refractivity contribution in [2.75, 3.05) is 34.5 Å². The Balaban J connectivity index is 3.04. The number of carbonyl (C=O) groups excluding carboxylic acids is 1. The summed E-state index contributed by atoms with van der Waals surface area (Å²) in [4.78, 5) is 12.3. The van der Waals surface area contributed by atoms with E-state index in [1.54, 1.807) is 12.1 Å². The number of benzene rings is 1. The molecule has 0 heterocycles. The second kappa shape index (κ2) is 8.08. The zero-order chi connectivity index (χ0) is 15.1. The van der Waals surface area contributed by atoms with Crippen LogP contribution in [-0.2, 0) is 4.74 Å². The largest absolute Gasteiger partial charge is 0.497 e. The number of halogens is 1. The Morgan fingerprint density at radius 3 is 2.55 bits per heavy atom. The van der Waals surface area contributed by atoms with E-state index in [-0.39, 0.29) is 19.1 Å². The van der Waals surface area contributed by atoms with Gasteiger partial charge in [0, 0.05) is 7.11 Å². The minimum Gasteiger partial charge on any atom is -0.497 e. The highest BCUT2D eigenvalue weighted by Crippen LogP contribution is 2.33. The summed E-state index contributed by atoms with van der Waals surface area (Å²) in [6, 6.07) is 2.79. The molecule has 0 aliphatic rings. The first-order chi connectivity index (χ1) is 9.57. The molecule has 7 heteroatoms. The lowest BCUT2D eigenvalue weighted by atomic mass is 10.1. The van der Waals surface area contributed by atoms with Crippen LogP contribution in [-0.4, -0.2) is 51.6 Å². The van der Waals surface area contributed by atoms with Crippen LogP contribution in [0.1, 0.15) is 10.4 Å². The van der Waals surface area contributed by atoms with Crippen molar-refractivity contribution < 1.29 is 24.1 Å². The molecule has 1 amide bonds. The molecule has 0 fully saturated rings. The quantitative estimate of drug-likeness (QED) is 0.775. The van der Waals surface area contributed by atoms with Crippen molar-refractivity contribution in [1.82, 2.24) is 5.32 Å². The van der Waals surface area contributed by atoms with Gasteiger partial charge in [-0.05, 0) is 28.1 Å². The maximum absolute atomic E-state index is 12.3. The second-order valence-electron chi connectivity index (χ2n) is 4.00. The molecule has 112 valence electrons. The van der Waals surface area contributed by atoms with E-state index in [0.717, 1.165) is 0 Å². The highest BCUT2D eigenvalue weighted by molar-refractivity contribution is 9.10. The van der Waals surface area contributed by atoms with Crippen LogP contribution in [0.2, 0.25) is 0 Å². The Morgan fingerprint density at radius 1 is 1.35 bits per heavy atom. The summed E-state index contributed by atoms with van der Waals surface area (Å²) < 4.78 is 15.9. The van der Waals surface area contributed by atoms with Crippen molar-refractivity contribution in [3.63, 3.8) is 0 Å². The number of ether oxygens (including phenoxy) is 3. The predicted molar refractivity (Wildman–Crippen MR) is 77.5 cm³/mol. The number of methoxy groups -OCH3 is 3. The van der Waals surface area contributed by atoms with Crippen molar-refractivity contribution >= 4 is 21.8 Å². The number of hydrogen-bond acceptors (Lipinski definition) is 5. The first kappa shape index (κ1) is 16.7. The van der Waals surface area contributed by atoms with E-state index < -0.39 is 6.04 Å². The highest BCUT2D eigenvalue weighted by atomic mass is 79.9. The van der Waals surface area contributed by atoms with Gasteiger partial charge in [0.1, 0.15) is 11.5 Å². The topological polar surface area (TPSA) is 77.0 Å². The Kier molecular flexibility index (Phi) is 6.77. The smallest absolute Gasteiger partial charge is 0.255 e. The number of hydrogen-bond donors (Lipinski definition) is 2. The summed E-state index contributed by atoms with van der Waals surface area (Å²) in [5.74, 6) is 0.546. The molecular weight excluding hydrogens is 330 g/mol. The Labute approximate surface area is 126 Å². The van der Waals surface area contributed by atoms with E-state index in [4.69, 9.17) is 14.2 Å². The molecule has 0 aromatic heterocycles. The molecule has 0 aliphatic heterocycles. The zero-order valence-corrected chi connectivity index (χ0v) is 13.2. The molecule has 1 aromatic carbocycles. The van der Waals surface area contributed by atoms with Gasteiger partial charge in [0.25, 0.3) is 5.91 Å². The van der Waals surface area contributed by atoms with Crippen molar-refractivity contribution in [3.05, 3.63) is 22.2 Å². The maximum atomic E-state index is 12.3. The molecule has 1 unspecified atom stereocenters. The molecule has 6 nitrogen and oxygen atoms in total. The van der Waals surface area contributed by atoms with Gasteiger partial charge in [0.2, 0.25) is 0 Å². The molecule has 0 radical (unpaired) electrons. The molecule has 1 rings (SSSR count). The second-order valence-corrected chi connectivity index (χ2v) is 4.85. The molecule has 0 aliphatic carbocycles. The van der Waals surface area contributed by atoms with Gasteiger partial charge in [0.05, 0.1) is 43.5 Å². The third-order valence-electron chi connectivity index (χ3n) is 2.63. The first-order valence-electron chi connectivity index (χ1n) is 5.89. The fraction of sp³-hybridized carbons (Fsp3) is 0.462. The lowest BCUT2D eigenvalue weighted by Gasteiger charge is -2.17. The lowest BCUT2D eigenvalue weighted by molar-refractivity contribution is 0.0836. The average Bonchev–Trinajstić information content (AvgIpc) is 2.45. The van der Waals surface area contributed by atoms with Crippen LogP contribution in [0, 0.1) is 0 Å². The molecule has 1 atom stereocenters. The Hall–Kier alpha value is -1.31. The summed E-state index contributed by atoms with van der Waals surface area (Å²) in [5.41, 5.74) is 0.313. The van der Waals surface area contributed by atoms with Crippen molar-refractivity contribution in [2.24, 2.45) is 0 Å². The van der Waals surface area contributed by atoms with Gasteiger partial charge in [0.15, 0.2) is 0 Å². The molecular formula is C13H18BrNO5. The third-order valence-corrected chi connectivity index (χ3v) is 3.21. The van der Waals surface area contributed by atoms with Crippen molar-refractivity contribution in [2.45, 2.75) is 6.04 Å². The Bertz CT molecular complexity index is 466. The van der Waals surface area contributed by atoms with Crippen LogP contribution < -0.4 is 14.8 Å². The lowest BCUT2D eigenvalue weighted by Crippen LogP contribution is -2.40. The monoisotopic (exact) mass is 347 g/mol. The maximum Gasteiger partial charge on any atom is 0.255 e. The third kappa shape index (κ3) is 4.09. The van der Waals surface area contributed by atoms with Crippen LogP contribution >= 0.6 is 15.9 Å². The summed E-state index contributed by atoms with van der Waals surface area (Å²) in [6.07, 6.45) is 0. The summed E-state index contributed by atoms with van der Waals surface area (Å²) in [5, 5.41) is 11.8. The SMILES string of the molecule is COCC(CO)NC(=O)c1cc(OC)cc(Br)c1OC. The highest BCUT2D eigenvalue weighted by Gasteiger charge is 2.20. The number of aliphatic hydroxyl groups excluding tert-OH is 1. The van der Waals surface area contributed by atoms with E-state index in [2.05, 4.69) is 21.2 Å². The standard InChI is InChI=1S/C13H18BrNO5/c1-18-7-8(6-16)15-13(17)10-4-9(19-2)5-11(14)12(10)20-3/h4-5,8,16H,6-7H2,1-3H3,(H,15,17). The van der Waals surface area contributed by atoms with Crippen molar-refractivity contribution in [1.29, 1.82) is 0 Å². The fourth-order valence-corrected chi connectivity index (χ4v) is 2.27. The van der Waals surface area contributed by atoms with Crippen LogP contribution in [0.25, 0.3) is 0 Å². The van der Waals surface area contributed by atoms with Gasteiger partial charge in [-0.15, -0.1) is 0 Å². The number of carbonyl (C=O) groups is 1. The Morgan fingerprint density at radius 2 is 2.05 bits per heavy atom. The molecule has 0 saturated carbocycles. The van der Waals surface area contributed by atoms with E-state index in [9.17, 15) is 9.90 Å². The number of nitrogens with one attached hydrogen (secondary N) is 1. The van der Waals surface area contributed by atoms with Gasteiger partial charge in [-0.3, -0.25) is 4.79 Å².